The van der Waals surface area contributed by atoms with Crippen LogP contribution in [-0.2, 0) is 4.79 Å². The minimum absolute atomic E-state index is 0.316. The van der Waals surface area contributed by atoms with E-state index in [0.29, 0.717) is 27.6 Å². The second-order valence-electron chi connectivity index (χ2n) is 4.20. The third-order valence-electron chi connectivity index (χ3n) is 2.64. The third kappa shape index (κ3) is 5.21. The molecule has 2 aromatic rings. The van der Waals surface area contributed by atoms with Crippen molar-refractivity contribution in [3.8, 4) is 0 Å². The SMILES string of the molecule is CNc1ccccc1C(=O)C=O.Cc1ccc(Cl)c(Cl)c1. The van der Waals surface area contributed by atoms with Crippen LogP contribution in [0.4, 0.5) is 5.69 Å². The van der Waals surface area contributed by atoms with Crippen LogP contribution >= 0.6 is 23.2 Å². The molecule has 0 aliphatic carbocycles. The molecule has 0 bridgehead atoms. The second kappa shape index (κ2) is 8.45. The van der Waals surface area contributed by atoms with E-state index in [9.17, 15) is 9.59 Å². The molecule has 0 aliphatic heterocycles. The van der Waals surface area contributed by atoms with E-state index >= 15 is 0 Å². The van der Waals surface area contributed by atoms with Gasteiger partial charge >= 0.3 is 0 Å². The number of carbonyl (C=O) groups excluding carboxylic acids is 2. The number of aldehydes is 1. The van der Waals surface area contributed by atoms with Crippen molar-refractivity contribution in [3.05, 3.63) is 63.6 Å². The molecule has 0 unspecified atom stereocenters. The highest BCUT2D eigenvalue weighted by atomic mass is 35.5. The number of anilines is 1. The van der Waals surface area contributed by atoms with Crippen LogP contribution < -0.4 is 5.32 Å². The van der Waals surface area contributed by atoms with E-state index in [1.807, 2.05) is 19.1 Å². The molecule has 2 aromatic carbocycles. The van der Waals surface area contributed by atoms with Gasteiger partial charge in [-0.05, 0) is 36.8 Å². The monoisotopic (exact) mass is 323 g/mol. The molecule has 0 fully saturated rings. The number of para-hydroxylation sites is 1. The van der Waals surface area contributed by atoms with Gasteiger partial charge in [-0.2, -0.15) is 0 Å². The number of aryl methyl sites for hydroxylation is 1. The molecule has 3 nitrogen and oxygen atoms in total. The zero-order valence-corrected chi connectivity index (χ0v) is 13.2. The van der Waals surface area contributed by atoms with Crippen molar-refractivity contribution >= 4 is 41.0 Å². The largest absolute Gasteiger partial charge is 0.388 e. The maximum Gasteiger partial charge on any atom is 0.227 e. The number of benzene rings is 2. The first kappa shape index (κ1) is 17.2. The van der Waals surface area contributed by atoms with Crippen LogP contribution in [0, 0.1) is 6.92 Å². The summed E-state index contributed by atoms with van der Waals surface area (Å²) < 4.78 is 0. The summed E-state index contributed by atoms with van der Waals surface area (Å²) in [5, 5.41) is 4.07. The van der Waals surface area contributed by atoms with Gasteiger partial charge < -0.3 is 5.32 Å². The molecule has 0 heterocycles. The van der Waals surface area contributed by atoms with Gasteiger partial charge in [0.2, 0.25) is 5.78 Å². The van der Waals surface area contributed by atoms with Crippen LogP contribution in [0.25, 0.3) is 0 Å². The first-order valence-corrected chi connectivity index (χ1v) is 6.93. The molecule has 2 rings (SSSR count). The summed E-state index contributed by atoms with van der Waals surface area (Å²) in [5.74, 6) is -0.500. The Kier molecular flexibility index (Phi) is 6.92. The standard InChI is InChI=1S/C9H9NO2.C7H6Cl2/c1-10-8-5-3-2-4-7(8)9(12)6-11;1-5-2-3-6(8)7(9)4-5/h2-6,10H,1H3;2-4H,1H3. The van der Waals surface area contributed by atoms with Crippen LogP contribution in [0.5, 0.6) is 0 Å². The van der Waals surface area contributed by atoms with Crippen molar-refractivity contribution in [1.82, 2.24) is 0 Å². The van der Waals surface area contributed by atoms with E-state index in [-0.39, 0.29) is 0 Å². The number of hydrogen-bond acceptors (Lipinski definition) is 3. The topological polar surface area (TPSA) is 46.2 Å². The zero-order chi connectivity index (χ0) is 15.8. The van der Waals surface area contributed by atoms with Gasteiger partial charge in [-0.3, -0.25) is 9.59 Å². The van der Waals surface area contributed by atoms with Crippen molar-refractivity contribution in [1.29, 1.82) is 0 Å². The van der Waals surface area contributed by atoms with Gasteiger partial charge in [0.05, 0.1) is 10.0 Å². The van der Waals surface area contributed by atoms with Crippen molar-refractivity contribution in [3.63, 3.8) is 0 Å². The summed E-state index contributed by atoms with van der Waals surface area (Å²) in [6.45, 7) is 1.97. The van der Waals surface area contributed by atoms with Crippen LogP contribution in [-0.4, -0.2) is 19.1 Å². The molecule has 0 saturated carbocycles. The Labute approximate surface area is 133 Å². The molecule has 21 heavy (non-hydrogen) atoms. The number of rotatable bonds is 3. The number of ketones is 1. The average Bonchev–Trinajstić information content (AvgIpc) is 2.51. The van der Waals surface area contributed by atoms with Crippen molar-refractivity contribution in [2.24, 2.45) is 0 Å². The number of halogens is 2. The van der Waals surface area contributed by atoms with Gasteiger partial charge in [-0.1, -0.05) is 41.4 Å². The predicted molar refractivity (Wildman–Crippen MR) is 87.6 cm³/mol. The first-order valence-electron chi connectivity index (χ1n) is 6.17. The molecule has 110 valence electrons. The Morgan fingerprint density at radius 1 is 1.10 bits per heavy atom. The number of Topliss-reactive ketones (excluding diaryl/α,β-unsaturated/α-hetero) is 1. The Balaban J connectivity index is 0.000000219. The summed E-state index contributed by atoms with van der Waals surface area (Å²) >= 11 is 11.3. The lowest BCUT2D eigenvalue weighted by Gasteiger charge is -2.03. The number of carbonyl (C=O) groups is 2. The summed E-state index contributed by atoms with van der Waals surface area (Å²) in [6, 6.07) is 12.4. The quantitative estimate of drug-likeness (QED) is 0.517. The molecule has 1 N–H and O–H groups in total. The fourth-order valence-corrected chi connectivity index (χ4v) is 1.93. The van der Waals surface area contributed by atoms with E-state index in [1.165, 1.54) is 0 Å². The minimum Gasteiger partial charge on any atom is -0.388 e. The van der Waals surface area contributed by atoms with Gasteiger partial charge in [0.25, 0.3) is 0 Å². The van der Waals surface area contributed by atoms with Gasteiger partial charge in [-0.15, -0.1) is 0 Å². The maximum atomic E-state index is 11.0. The summed E-state index contributed by atoms with van der Waals surface area (Å²) in [6.07, 6.45) is 0.316. The smallest absolute Gasteiger partial charge is 0.227 e. The third-order valence-corrected chi connectivity index (χ3v) is 3.38. The molecule has 0 amide bonds. The normalized spacial score (nSPS) is 9.33. The molecule has 0 aromatic heterocycles. The minimum atomic E-state index is -0.500. The lowest BCUT2D eigenvalue weighted by molar-refractivity contribution is -0.104. The van der Waals surface area contributed by atoms with Crippen LogP contribution in [0.3, 0.4) is 0 Å². The van der Waals surface area contributed by atoms with E-state index < -0.39 is 5.78 Å². The van der Waals surface area contributed by atoms with Crippen LogP contribution in [0.2, 0.25) is 10.0 Å². The Morgan fingerprint density at radius 2 is 1.76 bits per heavy atom. The summed E-state index contributed by atoms with van der Waals surface area (Å²) in [7, 11) is 1.71. The van der Waals surface area contributed by atoms with Crippen LogP contribution in [0.15, 0.2) is 42.5 Å². The van der Waals surface area contributed by atoms with Gasteiger partial charge in [-0.25, -0.2) is 0 Å². The van der Waals surface area contributed by atoms with E-state index in [1.54, 1.807) is 37.4 Å². The highest BCUT2D eigenvalue weighted by molar-refractivity contribution is 6.42. The van der Waals surface area contributed by atoms with E-state index in [2.05, 4.69) is 5.32 Å². The Hall–Kier alpha value is -1.84. The first-order chi connectivity index (χ1) is 9.99. The van der Waals surface area contributed by atoms with Crippen molar-refractivity contribution in [2.75, 3.05) is 12.4 Å². The number of hydrogen-bond donors (Lipinski definition) is 1. The second-order valence-corrected chi connectivity index (χ2v) is 5.01. The molecule has 0 atom stereocenters. The van der Waals surface area contributed by atoms with Crippen molar-refractivity contribution < 1.29 is 9.59 Å². The highest BCUT2D eigenvalue weighted by Gasteiger charge is 2.07. The summed E-state index contributed by atoms with van der Waals surface area (Å²) in [5.41, 5.74) is 2.22. The van der Waals surface area contributed by atoms with E-state index in [0.717, 1.165) is 5.56 Å². The lowest BCUT2D eigenvalue weighted by atomic mass is 10.1. The molecule has 0 aliphatic rings. The fourth-order valence-electron chi connectivity index (χ4n) is 1.58. The van der Waals surface area contributed by atoms with Gasteiger partial charge in [0.1, 0.15) is 0 Å². The number of nitrogens with one attached hydrogen (secondary N) is 1. The Bertz CT molecular complexity index is 642. The summed E-state index contributed by atoms with van der Waals surface area (Å²) in [4.78, 5) is 21.2. The molecule has 5 heteroatoms. The van der Waals surface area contributed by atoms with Gasteiger partial charge in [0, 0.05) is 18.3 Å². The average molecular weight is 324 g/mol. The fraction of sp³-hybridized carbons (Fsp3) is 0.125. The van der Waals surface area contributed by atoms with Gasteiger partial charge in [0.15, 0.2) is 6.29 Å². The Morgan fingerprint density at radius 3 is 2.29 bits per heavy atom. The molecular weight excluding hydrogens is 309 g/mol. The zero-order valence-electron chi connectivity index (χ0n) is 11.7. The molecule has 0 spiro atoms. The molecule has 0 radical (unpaired) electrons. The molecular formula is C16H15Cl2NO2. The molecule has 0 saturated heterocycles. The predicted octanol–water partition coefficient (Wildman–Crippen LogP) is 4.41. The lowest BCUT2D eigenvalue weighted by Crippen LogP contribution is -2.04. The van der Waals surface area contributed by atoms with E-state index in [4.69, 9.17) is 23.2 Å². The maximum absolute atomic E-state index is 11.0. The van der Waals surface area contributed by atoms with Crippen LogP contribution in [0.1, 0.15) is 15.9 Å². The highest BCUT2D eigenvalue weighted by Crippen LogP contribution is 2.21. The van der Waals surface area contributed by atoms with Crippen molar-refractivity contribution in [2.45, 2.75) is 6.92 Å².